The molecule has 7 heteroatoms. The van der Waals surface area contributed by atoms with E-state index in [1.165, 1.54) is 10.4 Å². The smallest absolute Gasteiger partial charge is 0.259 e. The lowest BCUT2D eigenvalue weighted by molar-refractivity contribution is -0.121. The lowest BCUT2D eigenvalue weighted by Gasteiger charge is -2.17. The van der Waals surface area contributed by atoms with Gasteiger partial charge in [-0.05, 0) is 48.9 Å². The van der Waals surface area contributed by atoms with Gasteiger partial charge in [0.15, 0.2) is 0 Å². The molecule has 0 aliphatic heterocycles. The minimum Gasteiger partial charge on any atom is -0.349 e. The fraction of sp³-hybridized carbons (Fsp3) is 0.381. The van der Waals surface area contributed by atoms with Gasteiger partial charge in [-0.3, -0.25) is 9.59 Å². The van der Waals surface area contributed by atoms with E-state index in [4.69, 9.17) is 0 Å². The van der Waals surface area contributed by atoms with Crippen LogP contribution in [0.2, 0.25) is 0 Å². The number of carbonyl (C=O) groups is 1. The number of hydrogen-bond donors (Lipinski definition) is 2. The van der Waals surface area contributed by atoms with Crippen molar-refractivity contribution < 1.29 is 4.79 Å². The second-order valence-corrected chi connectivity index (χ2v) is 9.13. The van der Waals surface area contributed by atoms with Crippen molar-refractivity contribution >= 4 is 43.4 Å². The molecule has 5 nitrogen and oxygen atoms in total. The van der Waals surface area contributed by atoms with Gasteiger partial charge in [0, 0.05) is 22.2 Å². The Kier molecular flexibility index (Phi) is 5.64. The van der Waals surface area contributed by atoms with E-state index < -0.39 is 0 Å². The minimum atomic E-state index is -0.0684. The third kappa shape index (κ3) is 3.91. The van der Waals surface area contributed by atoms with Crippen molar-refractivity contribution in [3.05, 3.63) is 60.9 Å². The SMILES string of the molecule is CC[C@H](NC(=O)CCc1nc2sc3c(c2c(=O)[nH]1)CCC3)c1ccc(Br)cc1. The van der Waals surface area contributed by atoms with Crippen LogP contribution in [0, 0.1) is 0 Å². The molecule has 2 aromatic heterocycles. The van der Waals surface area contributed by atoms with Crippen LogP contribution < -0.4 is 10.9 Å². The van der Waals surface area contributed by atoms with Gasteiger partial charge in [-0.15, -0.1) is 11.3 Å². The minimum absolute atomic E-state index is 0.0182. The van der Waals surface area contributed by atoms with Crippen molar-refractivity contribution in [1.29, 1.82) is 0 Å². The third-order valence-electron chi connectivity index (χ3n) is 5.23. The number of fused-ring (bicyclic) bond motifs is 3. The standard InChI is InChI=1S/C21H22BrN3O2S/c1-2-15(12-6-8-13(22)9-7-12)23-18(26)11-10-17-24-20(27)19-14-4-3-5-16(14)28-21(19)25-17/h6-9,15H,2-5,10-11H2,1H3,(H,23,26)(H,24,25,27)/t15-/m0/s1. The summed E-state index contributed by atoms with van der Waals surface area (Å²) in [4.78, 5) is 34.6. The van der Waals surface area contributed by atoms with Gasteiger partial charge >= 0.3 is 0 Å². The summed E-state index contributed by atoms with van der Waals surface area (Å²) >= 11 is 5.06. The number of thiophene rings is 1. The first-order valence-corrected chi connectivity index (χ1v) is 11.2. The molecule has 3 aromatic rings. The molecule has 0 unspecified atom stereocenters. The summed E-state index contributed by atoms with van der Waals surface area (Å²) in [5.74, 6) is 0.551. The molecule has 0 saturated heterocycles. The fourth-order valence-electron chi connectivity index (χ4n) is 3.78. The number of H-pyrrole nitrogens is 1. The summed E-state index contributed by atoms with van der Waals surface area (Å²) in [6.07, 6.45) is 4.67. The Bertz CT molecular complexity index is 1070. The molecule has 0 bridgehead atoms. The van der Waals surface area contributed by atoms with Crippen molar-refractivity contribution in [2.24, 2.45) is 0 Å². The van der Waals surface area contributed by atoms with E-state index in [-0.39, 0.29) is 17.5 Å². The van der Waals surface area contributed by atoms with Gasteiger partial charge in [0.05, 0.1) is 11.4 Å². The van der Waals surface area contributed by atoms with E-state index in [9.17, 15) is 9.59 Å². The van der Waals surface area contributed by atoms with Crippen molar-refractivity contribution in [3.63, 3.8) is 0 Å². The largest absolute Gasteiger partial charge is 0.349 e. The first kappa shape index (κ1) is 19.3. The summed E-state index contributed by atoms with van der Waals surface area (Å²) in [7, 11) is 0. The number of rotatable bonds is 6. The van der Waals surface area contributed by atoms with Gasteiger partial charge in [-0.25, -0.2) is 4.98 Å². The number of nitrogens with zero attached hydrogens (tertiary/aromatic N) is 1. The van der Waals surface area contributed by atoms with Crippen molar-refractivity contribution in [2.45, 2.75) is 51.5 Å². The molecule has 1 aliphatic carbocycles. The van der Waals surface area contributed by atoms with E-state index in [1.807, 2.05) is 24.3 Å². The van der Waals surface area contributed by atoms with Gasteiger partial charge in [0.25, 0.3) is 5.56 Å². The molecule has 2 heterocycles. The number of benzene rings is 1. The molecule has 0 fully saturated rings. The zero-order valence-corrected chi connectivity index (χ0v) is 18.1. The molecular formula is C21H22BrN3O2S. The molecule has 1 amide bonds. The van der Waals surface area contributed by atoms with Gasteiger partial charge in [0.1, 0.15) is 10.7 Å². The highest BCUT2D eigenvalue weighted by Crippen LogP contribution is 2.34. The zero-order chi connectivity index (χ0) is 19.7. The maximum Gasteiger partial charge on any atom is 0.259 e. The molecular weight excluding hydrogens is 438 g/mol. The Hall–Kier alpha value is -1.99. The van der Waals surface area contributed by atoms with Crippen LogP contribution in [-0.2, 0) is 24.1 Å². The summed E-state index contributed by atoms with van der Waals surface area (Å²) in [5, 5.41) is 3.84. The quantitative estimate of drug-likeness (QED) is 0.572. The number of halogens is 1. The van der Waals surface area contributed by atoms with Crippen LogP contribution in [0.1, 0.15) is 54.1 Å². The molecule has 1 aromatic carbocycles. The van der Waals surface area contributed by atoms with Crippen LogP contribution in [0.25, 0.3) is 10.2 Å². The van der Waals surface area contributed by atoms with Crippen LogP contribution in [0.3, 0.4) is 0 Å². The maximum atomic E-state index is 12.5. The van der Waals surface area contributed by atoms with Crippen molar-refractivity contribution in [2.75, 3.05) is 0 Å². The summed E-state index contributed by atoms with van der Waals surface area (Å²) in [6.45, 7) is 2.05. The first-order chi connectivity index (χ1) is 13.5. The predicted molar refractivity (Wildman–Crippen MR) is 116 cm³/mol. The second-order valence-electron chi connectivity index (χ2n) is 7.13. The fourth-order valence-corrected chi connectivity index (χ4v) is 5.33. The number of hydrogen-bond acceptors (Lipinski definition) is 4. The van der Waals surface area contributed by atoms with E-state index in [0.29, 0.717) is 18.7 Å². The van der Waals surface area contributed by atoms with Crippen LogP contribution in [-0.4, -0.2) is 15.9 Å². The Labute approximate surface area is 175 Å². The van der Waals surface area contributed by atoms with E-state index in [2.05, 4.69) is 38.1 Å². The number of carbonyl (C=O) groups excluding carboxylic acids is 1. The summed E-state index contributed by atoms with van der Waals surface area (Å²) in [6, 6.07) is 7.97. The lowest BCUT2D eigenvalue weighted by Crippen LogP contribution is -2.28. The van der Waals surface area contributed by atoms with Gasteiger partial charge in [-0.1, -0.05) is 35.0 Å². The molecule has 4 rings (SSSR count). The Balaban J connectivity index is 1.43. The topological polar surface area (TPSA) is 74.8 Å². The van der Waals surface area contributed by atoms with Gasteiger partial charge in [-0.2, -0.15) is 0 Å². The van der Waals surface area contributed by atoms with Gasteiger partial charge in [0.2, 0.25) is 5.91 Å². The number of aryl methyl sites for hydroxylation is 3. The average molecular weight is 460 g/mol. The number of amides is 1. The normalized spacial score (nSPS) is 14.2. The second kappa shape index (κ2) is 8.17. The molecule has 146 valence electrons. The van der Waals surface area contributed by atoms with Crippen LogP contribution >= 0.6 is 27.3 Å². The highest BCUT2D eigenvalue weighted by molar-refractivity contribution is 9.10. The molecule has 1 atom stereocenters. The molecule has 0 spiro atoms. The highest BCUT2D eigenvalue weighted by atomic mass is 79.9. The van der Waals surface area contributed by atoms with Crippen LogP contribution in [0.15, 0.2) is 33.5 Å². The Morgan fingerprint density at radius 3 is 2.86 bits per heavy atom. The van der Waals surface area contributed by atoms with Crippen LogP contribution in [0.5, 0.6) is 0 Å². The van der Waals surface area contributed by atoms with E-state index >= 15 is 0 Å². The molecule has 0 radical (unpaired) electrons. The number of nitrogens with one attached hydrogen (secondary N) is 2. The van der Waals surface area contributed by atoms with Gasteiger partial charge < -0.3 is 10.3 Å². The highest BCUT2D eigenvalue weighted by Gasteiger charge is 2.21. The molecule has 2 N–H and O–H groups in total. The monoisotopic (exact) mass is 459 g/mol. The summed E-state index contributed by atoms with van der Waals surface area (Å²) in [5.41, 5.74) is 2.19. The zero-order valence-electron chi connectivity index (χ0n) is 15.7. The lowest BCUT2D eigenvalue weighted by atomic mass is 10.0. The molecule has 28 heavy (non-hydrogen) atoms. The maximum absolute atomic E-state index is 12.5. The van der Waals surface area contributed by atoms with Crippen molar-refractivity contribution in [3.8, 4) is 0 Å². The molecule has 0 saturated carbocycles. The van der Waals surface area contributed by atoms with Crippen molar-refractivity contribution in [1.82, 2.24) is 15.3 Å². The first-order valence-electron chi connectivity index (χ1n) is 9.63. The Morgan fingerprint density at radius 1 is 1.32 bits per heavy atom. The van der Waals surface area contributed by atoms with E-state index in [1.54, 1.807) is 11.3 Å². The van der Waals surface area contributed by atoms with Crippen LogP contribution in [0.4, 0.5) is 0 Å². The predicted octanol–water partition coefficient (Wildman–Crippen LogP) is 4.44. The summed E-state index contributed by atoms with van der Waals surface area (Å²) < 4.78 is 1.02. The number of aromatic amines is 1. The Morgan fingerprint density at radius 2 is 2.11 bits per heavy atom. The number of aromatic nitrogens is 2. The average Bonchev–Trinajstić information content (AvgIpc) is 3.26. The third-order valence-corrected chi connectivity index (χ3v) is 6.94. The van der Waals surface area contributed by atoms with E-state index in [0.717, 1.165) is 45.9 Å². The molecule has 1 aliphatic rings.